The van der Waals surface area contributed by atoms with E-state index in [1.807, 2.05) is 6.82 Å². The van der Waals surface area contributed by atoms with Crippen molar-refractivity contribution in [3.63, 3.8) is 0 Å². The van der Waals surface area contributed by atoms with E-state index in [9.17, 15) is 0 Å². The van der Waals surface area contributed by atoms with Crippen LogP contribution in [0.3, 0.4) is 0 Å². The number of nitrogens with zero attached hydrogens (tertiary/aromatic N) is 1. The molecule has 0 amide bonds. The van der Waals surface area contributed by atoms with Gasteiger partial charge in [-0.3, -0.25) is 0 Å². The van der Waals surface area contributed by atoms with Crippen LogP contribution in [-0.4, -0.2) is 24.2 Å². The van der Waals surface area contributed by atoms with Gasteiger partial charge in [-0.1, -0.05) is 20.7 Å². The Hall–Kier alpha value is 0.315. The number of rotatable bonds is 3. The summed E-state index contributed by atoms with van der Waals surface area (Å²) >= 11 is 5.77. The molecule has 48 valence electrons. The molecule has 0 saturated carbocycles. The molecule has 0 bridgehead atoms. The average molecular weight is 133 g/mol. The fourth-order valence-corrected chi connectivity index (χ4v) is 1.00. The second-order valence-electron chi connectivity index (χ2n) is 1.80. The van der Waals surface area contributed by atoms with Crippen LogP contribution in [-0.2, 0) is 0 Å². The van der Waals surface area contributed by atoms with Crippen molar-refractivity contribution >= 4 is 17.7 Å². The number of halogens is 1. The lowest BCUT2D eigenvalue weighted by atomic mass is 9.94. The highest BCUT2D eigenvalue weighted by Gasteiger charge is 2.09. The predicted octanol–water partition coefficient (Wildman–Crippen LogP) is 1.68. The van der Waals surface area contributed by atoms with Gasteiger partial charge in [-0.05, 0) is 13.1 Å². The molecule has 0 aromatic rings. The summed E-state index contributed by atoms with van der Waals surface area (Å²) in [7, 11) is 0. The van der Waals surface area contributed by atoms with Crippen molar-refractivity contribution in [3.8, 4) is 0 Å². The van der Waals surface area contributed by atoms with E-state index in [2.05, 4.69) is 18.7 Å². The third-order valence-electron chi connectivity index (χ3n) is 1.32. The van der Waals surface area contributed by atoms with Crippen LogP contribution in [0.1, 0.15) is 13.8 Å². The molecule has 0 spiro atoms. The van der Waals surface area contributed by atoms with Gasteiger partial charge in [-0.15, -0.1) is 0 Å². The summed E-state index contributed by atoms with van der Waals surface area (Å²) in [4.78, 5) is 2.18. The first-order chi connectivity index (χ1) is 3.72. The molecule has 0 aromatic carbocycles. The third-order valence-corrected chi connectivity index (χ3v) is 1.59. The van der Waals surface area contributed by atoms with Gasteiger partial charge >= 0.3 is 6.26 Å². The van der Waals surface area contributed by atoms with Crippen molar-refractivity contribution in [2.24, 2.45) is 0 Å². The molecule has 0 aromatic heterocycles. The molecule has 0 aliphatic carbocycles. The molecule has 1 nitrogen and oxygen atoms in total. The molecule has 0 fully saturated rings. The van der Waals surface area contributed by atoms with Crippen molar-refractivity contribution in [1.29, 1.82) is 0 Å². The summed E-state index contributed by atoms with van der Waals surface area (Å²) in [6, 6.07) is 0. The quantitative estimate of drug-likeness (QED) is 0.530. The van der Waals surface area contributed by atoms with Gasteiger partial charge in [0.05, 0.1) is 0 Å². The van der Waals surface area contributed by atoms with Crippen molar-refractivity contribution in [3.05, 3.63) is 0 Å². The van der Waals surface area contributed by atoms with E-state index in [4.69, 9.17) is 11.5 Å². The summed E-state index contributed by atoms with van der Waals surface area (Å²) in [6.45, 7) is 8.31. The summed E-state index contributed by atoms with van der Waals surface area (Å²) in [5.41, 5.74) is 0. The van der Waals surface area contributed by atoms with Gasteiger partial charge in [0.2, 0.25) is 0 Å². The van der Waals surface area contributed by atoms with E-state index in [1.165, 1.54) is 0 Å². The lowest BCUT2D eigenvalue weighted by molar-refractivity contribution is 0.491. The maximum absolute atomic E-state index is 5.77. The molecule has 0 rings (SSSR count). The standard InChI is InChI=1S/C5H13BClN/c1-4-8(5-2)6(3)7/h4-5H2,1-3H3. The molecule has 0 aliphatic heterocycles. The van der Waals surface area contributed by atoms with Crippen LogP contribution in [0.25, 0.3) is 0 Å². The van der Waals surface area contributed by atoms with E-state index in [0.29, 0.717) is 0 Å². The van der Waals surface area contributed by atoms with Gasteiger partial charge in [-0.25, -0.2) is 0 Å². The average Bonchev–Trinajstić information content (AvgIpc) is 1.69. The minimum Gasteiger partial charge on any atom is -0.329 e. The van der Waals surface area contributed by atoms with Crippen LogP contribution in [0, 0.1) is 0 Å². The first-order valence-corrected chi connectivity index (χ1v) is 3.54. The van der Waals surface area contributed by atoms with E-state index < -0.39 is 0 Å². The van der Waals surface area contributed by atoms with E-state index in [0.717, 1.165) is 13.1 Å². The Morgan fingerprint density at radius 1 is 1.38 bits per heavy atom. The smallest absolute Gasteiger partial charge is 0.328 e. The van der Waals surface area contributed by atoms with Crippen molar-refractivity contribution in [2.45, 2.75) is 20.7 Å². The molecule has 0 radical (unpaired) electrons. The molecular weight excluding hydrogens is 120 g/mol. The lowest BCUT2D eigenvalue weighted by Gasteiger charge is -2.17. The molecule has 0 atom stereocenters. The van der Waals surface area contributed by atoms with E-state index in [-0.39, 0.29) is 6.26 Å². The summed E-state index contributed by atoms with van der Waals surface area (Å²) in [5.74, 6) is 0. The minimum atomic E-state index is 0.185. The van der Waals surface area contributed by atoms with Crippen molar-refractivity contribution in [2.75, 3.05) is 13.1 Å². The Bertz CT molecular complexity index is 54.4. The zero-order chi connectivity index (χ0) is 6.57. The molecule has 0 unspecified atom stereocenters. The molecule has 0 aliphatic rings. The SMILES string of the molecule is CCN(CC)B(C)Cl. The highest BCUT2D eigenvalue weighted by atomic mass is 35.5. The van der Waals surface area contributed by atoms with Crippen LogP contribution >= 0.6 is 11.5 Å². The lowest BCUT2D eigenvalue weighted by Crippen LogP contribution is -2.32. The van der Waals surface area contributed by atoms with E-state index in [1.54, 1.807) is 0 Å². The molecule has 0 heterocycles. The van der Waals surface area contributed by atoms with Gasteiger partial charge in [-0.2, -0.15) is 11.5 Å². The largest absolute Gasteiger partial charge is 0.329 e. The van der Waals surface area contributed by atoms with Crippen LogP contribution in [0.15, 0.2) is 0 Å². The first kappa shape index (κ1) is 8.31. The maximum atomic E-state index is 5.77. The van der Waals surface area contributed by atoms with Gasteiger partial charge in [0.1, 0.15) is 0 Å². The van der Waals surface area contributed by atoms with Crippen molar-refractivity contribution < 1.29 is 0 Å². The monoisotopic (exact) mass is 133 g/mol. The second kappa shape index (κ2) is 4.22. The summed E-state index contributed by atoms with van der Waals surface area (Å²) in [6.07, 6.45) is 0.185. The summed E-state index contributed by atoms with van der Waals surface area (Å²) < 4.78 is 0. The van der Waals surface area contributed by atoms with Crippen LogP contribution in [0.2, 0.25) is 6.82 Å². The normalized spacial score (nSPS) is 10.1. The zero-order valence-electron chi connectivity index (χ0n) is 5.82. The Balaban J connectivity index is 3.35. The topological polar surface area (TPSA) is 3.24 Å². The van der Waals surface area contributed by atoms with Crippen LogP contribution in [0.4, 0.5) is 0 Å². The number of hydrogen-bond acceptors (Lipinski definition) is 1. The maximum Gasteiger partial charge on any atom is 0.328 e. The van der Waals surface area contributed by atoms with Crippen LogP contribution in [0.5, 0.6) is 0 Å². The highest BCUT2D eigenvalue weighted by Crippen LogP contribution is 1.96. The minimum absolute atomic E-state index is 0.185. The zero-order valence-corrected chi connectivity index (χ0v) is 6.57. The molecule has 3 heteroatoms. The first-order valence-electron chi connectivity index (χ1n) is 3.10. The fraction of sp³-hybridized carbons (Fsp3) is 1.00. The van der Waals surface area contributed by atoms with Crippen molar-refractivity contribution in [1.82, 2.24) is 4.81 Å². The van der Waals surface area contributed by atoms with E-state index >= 15 is 0 Å². The van der Waals surface area contributed by atoms with Gasteiger partial charge in [0, 0.05) is 0 Å². The van der Waals surface area contributed by atoms with Crippen LogP contribution < -0.4 is 0 Å². The second-order valence-corrected chi connectivity index (χ2v) is 2.43. The molecule has 0 saturated heterocycles. The molecule has 8 heavy (non-hydrogen) atoms. The molecular formula is C5H13BClN. The van der Waals surface area contributed by atoms with Gasteiger partial charge < -0.3 is 4.81 Å². The predicted molar refractivity (Wildman–Crippen MR) is 40.4 cm³/mol. The van der Waals surface area contributed by atoms with Gasteiger partial charge in [0.25, 0.3) is 0 Å². The Morgan fingerprint density at radius 2 is 1.75 bits per heavy atom. The molecule has 0 N–H and O–H groups in total. The summed E-state index contributed by atoms with van der Waals surface area (Å²) in [5, 5.41) is 0. The Labute approximate surface area is 57.0 Å². The Morgan fingerprint density at radius 3 is 1.75 bits per heavy atom. The third kappa shape index (κ3) is 2.58. The van der Waals surface area contributed by atoms with Gasteiger partial charge in [0.15, 0.2) is 0 Å². The fourth-order valence-electron chi connectivity index (χ4n) is 0.727. The number of hydrogen-bond donors (Lipinski definition) is 0. The Kier molecular flexibility index (Phi) is 4.39. The highest BCUT2D eigenvalue weighted by molar-refractivity contribution is 7.04.